The first-order valence-corrected chi connectivity index (χ1v) is 14.1. The Balaban J connectivity index is 1.23. The number of piperazine rings is 1. The van der Waals surface area contributed by atoms with E-state index < -0.39 is 17.6 Å². The van der Waals surface area contributed by atoms with Crippen LogP contribution in [0, 0.1) is 0 Å². The third-order valence-corrected chi connectivity index (χ3v) is 7.45. The average molecular weight is 594 g/mol. The molecular formula is C32H34F3N5O3. The van der Waals surface area contributed by atoms with Crippen molar-refractivity contribution in [2.45, 2.75) is 19.0 Å². The van der Waals surface area contributed by atoms with Crippen LogP contribution in [-0.4, -0.2) is 79.2 Å². The summed E-state index contributed by atoms with van der Waals surface area (Å²) in [5.41, 5.74) is 2.21. The number of hydrogen-bond donors (Lipinski definition) is 1. The summed E-state index contributed by atoms with van der Waals surface area (Å²) in [6.07, 6.45) is -2.24. The van der Waals surface area contributed by atoms with Crippen molar-refractivity contribution in [2.24, 2.45) is 0 Å². The van der Waals surface area contributed by atoms with Crippen molar-refractivity contribution < 1.29 is 27.4 Å². The van der Waals surface area contributed by atoms with Crippen molar-refractivity contribution in [3.05, 3.63) is 78.1 Å². The molecule has 4 aromatic rings. The van der Waals surface area contributed by atoms with Crippen molar-refractivity contribution in [1.82, 2.24) is 19.8 Å². The van der Waals surface area contributed by atoms with E-state index in [1.54, 1.807) is 19.2 Å². The Bertz CT molecular complexity index is 1550. The summed E-state index contributed by atoms with van der Waals surface area (Å²) >= 11 is 0. The van der Waals surface area contributed by atoms with Gasteiger partial charge in [0.25, 0.3) is 0 Å². The van der Waals surface area contributed by atoms with E-state index in [9.17, 15) is 18.0 Å². The molecule has 1 aliphatic rings. The van der Waals surface area contributed by atoms with Gasteiger partial charge in [-0.1, -0.05) is 30.3 Å². The zero-order valence-corrected chi connectivity index (χ0v) is 24.2. The molecule has 11 heteroatoms. The number of halogens is 3. The molecule has 3 aromatic carbocycles. The van der Waals surface area contributed by atoms with Gasteiger partial charge in [-0.05, 0) is 43.3 Å². The van der Waals surface area contributed by atoms with Crippen LogP contribution in [0.5, 0.6) is 11.5 Å². The van der Waals surface area contributed by atoms with Crippen LogP contribution in [0.15, 0.2) is 67.0 Å². The van der Waals surface area contributed by atoms with Gasteiger partial charge in [0.15, 0.2) is 11.5 Å². The highest BCUT2D eigenvalue weighted by molar-refractivity contribution is 5.95. The van der Waals surface area contributed by atoms with Gasteiger partial charge in [0, 0.05) is 55.4 Å². The number of carbonyl (C=O) groups is 1. The zero-order valence-electron chi connectivity index (χ0n) is 24.2. The summed E-state index contributed by atoms with van der Waals surface area (Å²) in [5.74, 6) is 0.791. The number of nitrogens with zero attached hydrogens (tertiary/aromatic N) is 4. The predicted octanol–water partition coefficient (Wildman–Crippen LogP) is 5.52. The Morgan fingerprint density at radius 3 is 2.47 bits per heavy atom. The molecule has 0 atom stereocenters. The lowest BCUT2D eigenvalue weighted by Crippen LogP contribution is -2.44. The molecule has 8 nitrogen and oxygen atoms in total. The topological polar surface area (TPSA) is 79.8 Å². The molecule has 226 valence electrons. The number of carbonyl (C=O) groups excluding carboxylic acids is 1. The summed E-state index contributed by atoms with van der Waals surface area (Å²) in [7, 11) is 3.74. The van der Waals surface area contributed by atoms with E-state index in [1.807, 2.05) is 24.3 Å². The molecule has 1 aliphatic heterocycles. The number of amides is 1. The largest absolute Gasteiger partial charge is 0.493 e. The molecular weight excluding hydrogens is 559 g/mol. The van der Waals surface area contributed by atoms with Gasteiger partial charge in [-0.25, -0.2) is 9.97 Å². The molecule has 0 radical (unpaired) electrons. The van der Waals surface area contributed by atoms with Gasteiger partial charge in [-0.2, -0.15) is 13.2 Å². The third kappa shape index (κ3) is 7.79. The summed E-state index contributed by atoms with van der Waals surface area (Å²) in [6, 6.07) is 15.6. The lowest BCUT2D eigenvalue weighted by Gasteiger charge is -2.32. The van der Waals surface area contributed by atoms with Crippen molar-refractivity contribution >= 4 is 22.5 Å². The van der Waals surface area contributed by atoms with E-state index in [-0.39, 0.29) is 12.0 Å². The number of benzene rings is 3. The first-order chi connectivity index (χ1) is 20.7. The standard InChI is InChI=1S/C32H34F3N5O3/c1-39-12-14-40(15-13-39)11-4-16-43-29-20-27-26(19-28(29)42-2)31(37-21-36-27)23-7-9-25(10-8-23)38-30(41)18-22-5-3-6-24(17-22)32(33,34)35/h3,5-10,17,19-21H,4,11-16,18H2,1-2H3,(H,38,41). The Kier molecular flexibility index (Phi) is 9.42. The lowest BCUT2D eigenvalue weighted by molar-refractivity contribution is -0.137. The smallest absolute Gasteiger partial charge is 0.416 e. The quantitative estimate of drug-likeness (QED) is 0.243. The number of likely N-dealkylation sites (N-methyl/N-ethyl adjacent to an activating group) is 1. The first kappa shape index (κ1) is 30.2. The van der Waals surface area contributed by atoms with Crippen LogP contribution >= 0.6 is 0 Å². The molecule has 1 amide bonds. The van der Waals surface area contributed by atoms with Gasteiger partial charge in [0.1, 0.15) is 6.33 Å². The maximum atomic E-state index is 13.0. The second-order valence-corrected chi connectivity index (χ2v) is 10.6. The van der Waals surface area contributed by atoms with Crippen molar-refractivity contribution in [2.75, 3.05) is 58.8 Å². The summed E-state index contributed by atoms with van der Waals surface area (Å²) in [4.78, 5) is 26.2. The Morgan fingerprint density at radius 1 is 0.977 bits per heavy atom. The first-order valence-electron chi connectivity index (χ1n) is 14.1. The highest BCUT2D eigenvalue weighted by Gasteiger charge is 2.30. The highest BCUT2D eigenvalue weighted by atomic mass is 19.4. The zero-order chi connectivity index (χ0) is 30.4. The number of hydrogen-bond acceptors (Lipinski definition) is 7. The number of nitrogens with one attached hydrogen (secondary N) is 1. The molecule has 43 heavy (non-hydrogen) atoms. The molecule has 1 aromatic heterocycles. The molecule has 2 heterocycles. The number of ether oxygens (including phenoxy) is 2. The van der Waals surface area contributed by atoms with Crippen molar-refractivity contribution in [3.63, 3.8) is 0 Å². The molecule has 1 saturated heterocycles. The fraction of sp³-hybridized carbons (Fsp3) is 0.344. The van der Waals surface area contributed by atoms with Gasteiger partial charge in [-0.3, -0.25) is 4.79 Å². The molecule has 0 bridgehead atoms. The van der Waals surface area contributed by atoms with Crippen LogP contribution in [0.4, 0.5) is 18.9 Å². The number of rotatable bonds is 10. The normalized spacial score (nSPS) is 14.5. The Labute approximate surface area is 248 Å². The Hall–Kier alpha value is -4.22. The lowest BCUT2D eigenvalue weighted by atomic mass is 10.1. The van der Waals surface area contributed by atoms with Gasteiger partial charge >= 0.3 is 6.18 Å². The van der Waals surface area contributed by atoms with Crippen LogP contribution in [0.25, 0.3) is 22.2 Å². The maximum absolute atomic E-state index is 13.0. The Morgan fingerprint density at radius 2 is 1.74 bits per heavy atom. The van der Waals surface area contributed by atoms with E-state index >= 15 is 0 Å². The van der Waals surface area contributed by atoms with Crippen LogP contribution in [0.1, 0.15) is 17.5 Å². The predicted molar refractivity (Wildman–Crippen MR) is 159 cm³/mol. The maximum Gasteiger partial charge on any atom is 0.416 e. The van der Waals surface area contributed by atoms with Crippen molar-refractivity contribution in [3.8, 4) is 22.8 Å². The van der Waals surface area contributed by atoms with E-state index in [4.69, 9.17) is 9.47 Å². The second-order valence-electron chi connectivity index (χ2n) is 10.6. The minimum absolute atomic E-state index is 0.178. The third-order valence-electron chi connectivity index (χ3n) is 7.45. The number of methoxy groups -OCH3 is 1. The highest BCUT2D eigenvalue weighted by Crippen LogP contribution is 2.36. The number of anilines is 1. The molecule has 1 N–H and O–H groups in total. The van der Waals surface area contributed by atoms with Gasteiger partial charge < -0.3 is 24.6 Å². The molecule has 0 spiro atoms. The second kappa shape index (κ2) is 13.4. The number of alkyl halides is 3. The van der Waals surface area contributed by atoms with Crippen LogP contribution in [-0.2, 0) is 17.4 Å². The fourth-order valence-electron chi connectivity index (χ4n) is 5.07. The minimum Gasteiger partial charge on any atom is -0.493 e. The fourth-order valence-corrected chi connectivity index (χ4v) is 5.07. The number of fused-ring (bicyclic) bond motifs is 1. The monoisotopic (exact) mass is 593 g/mol. The summed E-state index contributed by atoms with van der Waals surface area (Å²) < 4.78 is 50.7. The van der Waals surface area contributed by atoms with E-state index in [0.29, 0.717) is 35.0 Å². The number of aromatic nitrogens is 2. The molecule has 0 unspecified atom stereocenters. The van der Waals surface area contributed by atoms with Crippen LogP contribution in [0.3, 0.4) is 0 Å². The van der Waals surface area contributed by atoms with Crippen LogP contribution in [0.2, 0.25) is 0 Å². The van der Waals surface area contributed by atoms with Crippen LogP contribution < -0.4 is 14.8 Å². The summed E-state index contributed by atoms with van der Waals surface area (Å²) in [5, 5.41) is 3.53. The van der Waals surface area contributed by atoms with Gasteiger partial charge in [0.2, 0.25) is 5.91 Å². The van der Waals surface area contributed by atoms with E-state index in [2.05, 4.69) is 32.1 Å². The van der Waals surface area contributed by atoms with E-state index in [1.165, 1.54) is 18.5 Å². The molecule has 5 rings (SSSR count). The summed E-state index contributed by atoms with van der Waals surface area (Å²) in [6.45, 7) is 5.86. The van der Waals surface area contributed by atoms with Gasteiger partial charge in [0.05, 0.1) is 36.9 Å². The SMILES string of the molecule is COc1cc2c(-c3ccc(NC(=O)Cc4cccc(C(F)(F)F)c4)cc3)ncnc2cc1OCCCN1CCN(C)CC1. The molecule has 0 saturated carbocycles. The molecule has 0 aliphatic carbocycles. The van der Waals surface area contributed by atoms with Crippen molar-refractivity contribution in [1.29, 1.82) is 0 Å². The average Bonchev–Trinajstić information content (AvgIpc) is 2.99. The van der Waals surface area contributed by atoms with E-state index in [0.717, 1.165) is 62.2 Å². The molecule has 1 fully saturated rings. The minimum atomic E-state index is -4.46. The van der Waals surface area contributed by atoms with Gasteiger partial charge in [-0.15, -0.1) is 0 Å².